The summed E-state index contributed by atoms with van der Waals surface area (Å²) in [5.41, 5.74) is -0.418. The summed E-state index contributed by atoms with van der Waals surface area (Å²) in [5, 5.41) is 9.39. The predicted octanol–water partition coefficient (Wildman–Crippen LogP) is 4.16. The normalized spacial score (nSPS) is 39.7. The minimum atomic E-state index is -0.418. The first-order chi connectivity index (χ1) is 8.77. The standard InChI is InChI=1S/C15H28O3/c1-13-11-14-15(12-13,18-16)9-7-5-3-2-4-6-8-10-17-14/h13-14,16H,2-12H2,1H3. The highest BCUT2D eigenvalue weighted by Gasteiger charge is 2.48. The van der Waals surface area contributed by atoms with E-state index in [-0.39, 0.29) is 6.10 Å². The van der Waals surface area contributed by atoms with Crippen molar-refractivity contribution >= 4 is 0 Å². The summed E-state index contributed by atoms with van der Waals surface area (Å²) in [4.78, 5) is 4.95. The third-order valence-electron chi connectivity index (χ3n) is 4.64. The molecule has 0 bridgehead atoms. The Morgan fingerprint density at radius 1 is 1.06 bits per heavy atom. The smallest absolute Gasteiger partial charge is 0.129 e. The molecule has 0 aromatic rings. The molecule has 2 rings (SSSR count). The van der Waals surface area contributed by atoms with E-state index in [9.17, 15) is 5.26 Å². The van der Waals surface area contributed by atoms with Crippen molar-refractivity contribution in [3.8, 4) is 0 Å². The van der Waals surface area contributed by atoms with Crippen molar-refractivity contribution in [2.45, 2.75) is 82.8 Å². The van der Waals surface area contributed by atoms with E-state index in [1.807, 2.05) is 0 Å². The zero-order chi connectivity index (χ0) is 12.8. The van der Waals surface area contributed by atoms with Crippen LogP contribution >= 0.6 is 0 Å². The van der Waals surface area contributed by atoms with Crippen molar-refractivity contribution in [1.29, 1.82) is 0 Å². The van der Waals surface area contributed by atoms with Crippen LogP contribution in [0.2, 0.25) is 0 Å². The molecular formula is C15H28O3. The highest BCUT2D eigenvalue weighted by Crippen LogP contribution is 2.42. The van der Waals surface area contributed by atoms with Crippen molar-refractivity contribution in [3.63, 3.8) is 0 Å². The maximum Gasteiger partial charge on any atom is 0.129 e. The van der Waals surface area contributed by atoms with Gasteiger partial charge in [-0.05, 0) is 31.6 Å². The summed E-state index contributed by atoms with van der Waals surface area (Å²) >= 11 is 0. The minimum Gasteiger partial charge on any atom is -0.375 e. The molecule has 1 N–H and O–H groups in total. The van der Waals surface area contributed by atoms with E-state index < -0.39 is 5.60 Å². The molecule has 0 radical (unpaired) electrons. The third-order valence-corrected chi connectivity index (χ3v) is 4.64. The van der Waals surface area contributed by atoms with Crippen LogP contribution in [0.25, 0.3) is 0 Å². The van der Waals surface area contributed by atoms with Crippen molar-refractivity contribution in [2.24, 2.45) is 5.92 Å². The Morgan fingerprint density at radius 3 is 2.44 bits per heavy atom. The fourth-order valence-corrected chi connectivity index (χ4v) is 3.65. The van der Waals surface area contributed by atoms with Gasteiger partial charge in [-0.3, -0.25) is 5.26 Å². The van der Waals surface area contributed by atoms with Crippen LogP contribution in [0, 0.1) is 5.92 Å². The van der Waals surface area contributed by atoms with Crippen molar-refractivity contribution in [1.82, 2.24) is 0 Å². The predicted molar refractivity (Wildman–Crippen MR) is 71.5 cm³/mol. The van der Waals surface area contributed by atoms with Gasteiger partial charge in [0.2, 0.25) is 0 Å². The van der Waals surface area contributed by atoms with Crippen LogP contribution in [0.15, 0.2) is 0 Å². The molecular weight excluding hydrogens is 228 g/mol. The lowest BCUT2D eigenvalue weighted by atomic mass is 9.91. The fourth-order valence-electron chi connectivity index (χ4n) is 3.65. The second-order valence-corrected chi connectivity index (χ2v) is 6.29. The molecule has 3 atom stereocenters. The van der Waals surface area contributed by atoms with Gasteiger partial charge in [0.15, 0.2) is 0 Å². The van der Waals surface area contributed by atoms with Crippen LogP contribution in [-0.2, 0) is 9.62 Å². The zero-order valence-corrected chi connectivity index (χ0v) is 11.7. The number of fused-ring (bicyclic) bond motifs is 1. The van der Waals surface area contributed by atoms with Gasteiger partial charge < -0.3 is 4.74 Å². The molecule has 0 aromatic carbocycles. The Bertz CT molecular complexity index is 244. The molecule has 0 spiro atoms. The number of ether oxygens (including phenoxy) is 1. The van der Waals surface area contributed by atoms with E-state index in [2.05, 4.69) is 6.92 Å². The van der Waals surface area contributed by atoms with Gasteiger partial charge in [0.25, 0.3) is 0 Å². The second-order valence-electron chi connectivity index (χ2n) is 6.29. The van der Waals surface area contributed by atoms with Crippen LogP contribution in [0.4, 0.5) is 0 Å². The molecule has 3 heteroatoms. The number of hydrogen-bond acceptors (Lipinski definition) is 3. The topological polar surface area (TPSA) is 38.7 Å². The van der Waals surface area contributed by atoms with E-state index >= 15 is 0 Å². The monoisotopic (exact) mass is 256 g/mol. The number of hydrogen-bond donors (Lipinski definition) is 1. The van der Waals surface area contributed by atoms with Crippen molar-refractivity contribution in [2.75, 3.05) is 6.61 Å². The Morgan fingerprint density at radius 2 is 1.72 bits per heavy atom. The highest BCUT2D eigenvalue weighted by atomic mass is 17.1. The lowest BCUT2D eigenvalue weighted by molar-refractivity contribution is -0.345. The molecule has 1 aliphatic heterocycles. The Balaban J connectivity index is 1.98. The van der Waals surface area contributed by atoms with Crippen LogP contribution in [0.5, 0.6) is 0 Å². The van der Waals surface area contributed by atoms with E-state index in [4.69, 9.17) is 9.62 Å². The SMILES string of the molecule is CC1CC2OCCCCCCCCCC2(OO)C1. The first-order valence-electron chi connectivity index (χ1n) is 7.71. The fraction of sp³-hybridized carbons (Fsp3) is 1.00. The van der Waals surface area contributed by atoms with Gasteiger partial charge in [0.05, 0.1) is 6.10 Å². The van der Waals surface area contributed by atoms with Crippen LogP contribution in [0.3, 0.4) is 0 Å². The molecule has 18 heavy (non-hydrogen) atoms. The van der Waals surface area contributed by atoms with E-state index in [0.29, 0.717) is 5.92 Å². The van der Waals surface area contributed by atoms with Crippen LogP contribution in [-0.4, -0.2) is 23.6 Å². The van der Waals surface area contributed by atoms with Gasteiger partial charge in [0, 0.05) is 6.61 Å². The van der Waals surface area contributed by atoms with Crippen LogP contribution in [0.1, 0.15) is 71.1 Å². The molecule has 2 aliphatic rings. The van der Waals surface area contributed by atoms with Gasteiger partial charge in [-0.15, -0.1) is 0 Å². The molecule has 3 unspecified atom stereocenters. The third kappa shape index (κ3) is 3.46. The lowest BCUT2D eigenvalue weighted by Crippen LogP contribution is -2.41. The molecule has 106 valence electrons. The Kier molecular flexibility index (Phi) is 5.46. The van der Waals surface area contributed by atoms with Gasteiger partial charge in [-0.25, -0.2) is 4.89 Å². The quantitative estimate of drug-likeness (QED) is 0.565. The zero-order valence-electron chi connectivity index (χ0n) is 11.7. The first kappa shape index (κ1) is 14.3. The lowest BCUT2D eigenvalue weighted by Gasteiger charge is -2.32. The first-order valence-corrected chi connectivity index (χ1v) is 7.71. The molecule has 0 aromatic heterocycles. The maximum atomic E-state index is 9.39. The van der Waals surface area contributed by atoms with E-state index in [1.54, 1.807) is 0 Å². The average molecular weight is 256 g/mol. The summed E-state index contributed by atoms with van der Waals surface area (Å²) in [6.45, 7) is 3.05. The Hall–Kier alpha value is -0.120. The van der Waals surface area contributed by atoms with Gasteiger partial charge in [0.1, 0.15) is 5.60 Å². The molecule has 1 saturated carbocycles. The maximum absolute atomic E-state index is 9.39. The second kappa shape index (κ2) is 6.88. The molecule has 1 heterocycles. The van der Waals surface area contributed by atoms with E-state index in [1.165, 1.54) is 32.1 Å². The summed E-state index contributed by atoms with van der Waals surface area (Å²) in [6.07, 6.45) is 11.8. The molecule has 1 aliphatic carbocycles. The largest absolute Gasteiger partial charge is 0.375 e. The minimum absolute atomic E-state index is 0.0944. The van der Waals surface area contributed by atoms with Crippen molar-refractivity contribution < 1.29 is 14.9 Å². The summed E-state index contributed by atoms with van der Waals surface area (Å²) in [7, 11) is 0. The van der Waals surface area contributed by atoms with Gasteiger partial charge in [-0.1, -0.05) is 45.4 Å². The molecule has 2 fully saturated rings. The molecule has 3 nitrogen and oxygen atoms in total. The van der Waals surface area contributed by atoms with Gasteiger partial charge in [-0.2, -0.15) is 0 Å². The summed E-state index contributed by atoms with van der Waals surface area (Å²) < 4.78 is 6.02. The summed E-state index contributed by atoms with van der Waals surface area (Å²) in [5.74, 6) is 0.590. The Labute approximate surface area is 111 Å². The highest BCUT2D eigenvalue weighted by molar-refractivity contribution is 4.97. The van der Waals surface area contributed by atoms with Gasteiger partial charge >= 0.3 is 0 Å². The van der Waals surface area contributed by atoms with Crippen LogP contribution < -0.4 is 0 Å². The molecule has 0 amide bonds. The number of rotatable bonds is 1. The average Bonchev–Trinajstić information content (AvgIpc) is 2.66. The van der Waals surface area contributed by atoms with Crippen molar-refractivity contribution in [3.05, 3.63) is 0 Å². The molecule has 1 saturated heterocycles. The van der Waals surface area contributed by atoms with E-state index in [0.717, 1.165) is 38.7 Å². The summed E-state index contributed by atoms with van der Waals surface area (Å²) in [6, 6.07) is 0.